The van der Waals surface area contributed by atoms with Crippen molar-refractivity contribution in [1.29, 1.82) is 0 Å². The van der Waals surface area contributed by atoms with Crippen molar-refractivity contribution in [2.45, 2.75) is 19.4 Å². The van der Waals surface area contributed by atoms with E-state index in [0.717, 1.165) is 22.1 Å². The third kappa shape index (κ3) is 3.79. The molecule has 1 atom stereocenters. The second-order valence-corrected chi connectivity index (χ2v) is 8.42. The number of benzene rings is 3. The number of nitrogens with one attached hydrogen (secondary N) is 1. The van der Waals surface area contributed by atoms with Gasteiger partial charge in [-0.05, 0) is 41.5 Å². The summed E-state index contributed by atoms with van der Waals surface area (Å²) in [6.07, 6.45) is 0.331. The van der Waals surface area contributed by atoms with E-state index in [0.29, 0.717) is 28.2 Å². The van der Waals surface area contributed by atoms with Crippen molar-refractivity contribution in [3.05, 3.63) is 99.3 Å². The first-order valence-electron chi connectivity index (χ1n) is 10.5. The van der Waals surface area contributed by atoms with Crippen LogP contribution >= 0.6 is 11.6 Å². The monoisotopic (exact) mass is 457 g/mol. The van der Waals surface area contributed by atoms with E-state index in [-0.39, 0.29) is 17.2 Å². The van der Waals surface area contributed by atoms with Gasteiger partial charge in [-0.25, -0.2) is 5.01 Å². The Morgan fingerprint density at radius 1 is 1.06 bits per heavy atom. The standard InChI is InChI=1S/C26H20ClN3O3/c1-15(31)30-23(17-8-5-9-19(32)12-17)14-22(29-30)25-24(16-6-3-2-4-7-16)20-13-18(27)10-11-21(20)28-26(25)33/h2-13,23,32H,14H2,1H3,(H,28,33). The molecule has 0 saturated carbocycles. The SMILES string of the molecule is CC(=O)N1N=C(c2c(-c3ccccc3)c3cc(Cl)ccc3[nH]c2=O)CC1c1cccc(O)c1. The van der Waals surface area contributed by atoms with Gasteiger partial charge in [-0.15, -0.1) is 0 Å². The number of amides is 1. The van der Waals surface area contributed by atoms with E-state index in [2.05, 4.69) is 10.1 Å². The Labute approximate surface area is 194 Å². The first-order valence-corrected chi connectivity index (χ1v) is 10.9. The van der Waals surface area contributed by atoms with Crippen molar-refractivity contribution < 1.29 is 9.90 Å². The molecule has 2 N–H and O–H groups in total. The van der Waals surface area contributed by atoms with E-state index >= 15 is 0 Å². The minimum absolute atomic E-state index is 0.104. The molecule has 0 radical (unpaired) electrons. The zero-order chi connectivity index (χ0) is 23.1. The molecule has 1 aromatic heterocycles. The van der Waals surface area contributed by atoms with Crippen LogP contribution in [0, 0.1) is 0 Å². The Morgan fingerprint density at radius 2 is 1.85 bits per heavy atom. The van der Waals surface area contributed by atoms with Gasteiger partial charge in [0.15, 0.2) is 0 Å². The smallest absolute Gasteiger partial charge is 0.258 e. The average Bonchev–Trinajstić information content (AvgIpc) is 3.24. The number of pyridine rings is 1. The molecule has 1 unspecified atom stereocenters. The van der Waals surface area contributed by atoms with Gasteiger partial charge in [0, 0.05) is 34.8 Å². The molecule has 4 aromatic rings. The van der Waals surface area contributed by atoms with Crippen molar-refractivity contribution in [3.8, 4) is 16.9 Å². The Bertz CT molecular complexity index is 1480. The fourth-order valence-electron chi connectivity index (χ4n) is 4.39. The summed E-state index contributed by atoms with van der Waals surface area (Å²) >= 11 is 6.31. The van der Waals surface area contributed by atoms with Crippen molar-refractivity contribution >= 4 is 34.1 Å². The van der Waals surface area contributed by atoms with Crippen molar-refractivity contribution in [2.75, 3.05) is 0 Å². The molecule has 3 aromatic carbocycles. The maximum atomic E-state index is 13.4. The van der Waals surface area contributed by atoms with Crippen LogP contribution in [0.2, 0.25) is 5.02 Å². The van der Waals surface area contributed by atoms with Crippen LogP contribution in [0.4, 0.5) is 0 Å². The van der Waals surface area contributed by atoms with Crippen LogP contribution in [-0.4, -0.2) is 26.7 Å². The number of aromatic nitrogens is 1. The first-order chi connectivity index (χ1) is 15.9. The molecule has 5 rings (SSSR count). The maximum absolute atomic E-state index is 13.4. The highest BCUT2D eigenvalue weighted by molar-refractivity contribution is 6.31. The van der Waals surface area contributed by atoms with Crippen LogP contribution in [-0.2, 0) is 4.79 Å². The molecule has 33 heavy (non-hydrogen) atoms. The fraction of sp³-hybridized carbons (Fsp3) is 0.115. The van der Waals surface area contributed by atoms with Gasteiger partial charge in [0.25, 0.3) is 5.56 Å². The number of hydrazone groups is 1. The Kier molecular flexibility index (Phi) is 5.23. The van der Waals surface area contributed by atoms with Crippen LogP contribution in [0.25, 0.3) is 22.0 Å². The molecule has 7 heteroatoms. The maximum Gasteiger partial charge on any atom is 0.258 e. The molecule has 1 aliphatic rings. The summed E-state index contributed by atoms with van der Waals surface area (Å²) in [5, 5.41) is 17.3. The number of aromatic hydroxyl groups is 1. The number of fused-ring (bicyclic) bond motifs is 1. The van der Waals surface area contributed by atoms with Crippen LogP contribution in [0.15, 0.2) is 82.7 Å². The van der Waals surface area contributed by atoms with Crippen molar-refractivity contribution in [1.82, 2.24) is 9.99 Å². The van der Waals surface area contributed by atoms with E-state index in [1.165, 1.54) is 11.9 Å². The molecule has 0 bridgehead atoms. The third-order valence-electron chi connectivity index (χ3n) is 5.82. The molecule has 0 saturated heterocycles. The van der Waals surface area contributed by atoms with Gasteiger partial charge in [-0.1, -0.05) is 54.1 Å². The summed E-state index contributed by atoms with van der Waals surface area (Å²) in [4.78, 5) is 28.7. The quantitative estimate of drug-likeness (QED) is 0.440. The predicted molar refractivity (Wildman–Crippen MR) is 130 cm³/mol. The number of phenolic OH excluding ortho intramolecular Hbond substituents is 1. The number of nitrogens with zero attached hydrogens (tertiary/aromatic N) is 2. The van der Waals surface area contributed by atoms with Crippen LogP contribution < -0.4 is 5.56 Å². The zero-order valence-electron chi connectivity index (χ0n) is 17.7. The molecule has 6 nitrogen and oxygen atoms in total. The average molecular weight is 458 g/mol. The highest BCUT2D eigenvalue weighted by atomic mass is 35.5. The van der Waals surface area contributed by atoms with E-state index in [9.17, 15) is 14.7 Å². The topological polar surface area (TPSA) is 85.8 Å². The fourth-order valence-corrected chi connectivity index (χ4v) is 4.56. The normalized spacial score (nSPS) is 15.6. The van der Waals surface area contributed by atoms with Gasteiger partial charge in [-0.3, -0.25) is 9.59 Å². The molecule has 1 aliphatic heterocycles. The lowest BCUT2D eigenvalue weighted by molar-refractivity contribution is -0.130. The minimum Gasteiger partial charge on any atom is -0.508 e. The second kappa shape index (κ2) is 8.22. The molecule has 0 aliphatic carbocycles. The summed E-state index contributed by atoms with van der Waals surface area (Å²) in [5.74, 6) is -0.146. The largest absolute Gasteiger partial charge is 0.508 e. The van der Waals surface area contributed by atoms with Crippen molar-refractivity contribution in [2.24, 2.45) is 5.10 Å². The van der Waals surface area contributed by atoms with Gasteiger partial charge >= 0.3 is 0 Å². The summed E-state index contributed by atoms with van der Waals surface area (Å²) in [6, 6.07) is 21.2. The van der Waals surface area contributed by atoms with Crippen LogP contribution in [0.5, 0.6) is 5.75 Å². The second-order valence-electron chi connectivity index (χ2n) is 7.99. The summed E-state index contributed by atoms with van der Waals surface area (Å²) < 4.78 is 0. The Balaban J connectivity index is 1.75. The van der Waals surface area contributed by atoms with Gasteiger partial charge < -0.3 is 10.1 Å². The molecule has 0 fully saturated rings. The number of carbonyl (C=O) groups excluding carboxylic acids is 1. The van der Waals surface area contributed by atoms with Gasteiger partial charge in [0.1, 0.15) is 5.75 Å². The van der Waals surface area contributed by atoms with Crippen LogP contribution in [0.1, 0.15) is 30.5 Å². The number of aromatic amines is 1. The lowest BCUT2D eigenvalue weighted by Gasteiger charge is -2.20. The number of hydrogen-bond acceptors (Lipinski definition) is 4. The highest BCUT2D eigenvalue weighted by Crippen LogP contribution is 2.37. The van der Waals surface area contributed by atoms with Crippen LogP contribution in [0.3, 0.4) is 0 Å². The number of halogens is 1. The van der Waals surface area contributed by atoms with E-state index < -0.39 is 6.04 Å². The lowest BCUT2D eigenvalue weighted by atomic mass is 9.91. The van der Waals surface area contributed by atoms with Gasteiger partial charge in [0.05, 0.1) is 17.3 Å². The molecule has 2 heterocycles. The van der Waals surface area contributed by atoms with E-state index in [1.807, 2.05) is 42.5 Å². The zero-order valence-corrected chi connectivity index (χ0v) is 18.5. The highest BCUT2D eigenvalue weighted by Gasteiger charge is 2.34. The number of phenols is 1. The third-order valence-corrected chi connectivity index (χ3v) is 6.05. The molecule has 1 amide bonds. The molecule has 164 valence electrons. The summed E-state index contributed by atoms with van der Waals surface area (Å²) in [7, 11) is 0. The predicted octanol–water partition coefficient (Wildman–Crippen LogP) is 5.25. The van der Waals surface area contributed by atoms with E-state index in [4.69, 9.17) is 11.6 Å². The minimum atomic E-state index is -0.428. The number of hydrogen-bond donors (Lipinski definition) is 2. The summed E-state index contributed by atoms with van der Waals surface area (Å²) in [5.41, 5.74) is 3.59. The Hall–Kier alpha value is -3.90. The number of carbonyl (C=O) groups is 1. The molecule has 0 spiro atoms. The molecular weight excluding hydrogens is 438 g/mol. The first kappa shape index (κ1) is 21.0. The van der Waals surface area contributed by atoms with E-state index in [1.54, 1.807) is 30.3 Å². The molecular formula is C26H20ClN3O3. The van der Waals surface area contributed by atoms with Gasteiger partial charge in [-0.2, -0.15) is 5.10 Å². The van der Waals surface area contributed by atoms with Crippen molar-refractivity contribution in [3.63, 3.8) is 0 Å². The summed E-state index contributed by atoms with van der Waals surface area (Å²) in [6.45, 7) is 1.44. The Morgan fingerprint density at radius 3 is 2.58 bits per heavy atom. The lowest BCUT2D eigenvalue weighted by Crippen LogP contribution is -2.24. The number of rotatable bonds is 3. The number of H-pyrrole nitrogens is 1. The van der Waals surface area contributed by atoms with Gasteiger partial charge in [0.2, 0.25) is 5.91 Å².